The van der Waals surface area contributed by atoms with Crippen molar-refractivity contribution in [3.8, 4) is 0 Å². The van der Waals surface area contributed by atoms with Crippen LogP contribution in [0.15, 0.2) is 12.1 Å². The Morgan fingerprint density at radius 2 is 2.00 bits per heavy atom. The molecule has 3 fully saturated rings. The maximum Gasteiger partial charge on any atom is 0.410 e. The number of hydrogen-bond acceptors (Lipinski definition) is 5. The lowest BCUT2D eigenvalue weighted by Gasteiger charge is -2.36. The van der Waals surface area contributed by atoms with Crippen LogP contribution in [0.3, 0.4) is 0 Å². The third kappa shape index (κ3) is 4.70. The van der Waals surface area contributed by atoms with Gasteiger partial charge in [0.05, 0.1) is 23.0 Å². The number of benzene rings is 1. The number of nitrogens with one attached hydrogen (secondary N) is 2. The summed E-state index contributed by atoms with van der Waals surface area (Å²) >= 11 is 0. The Balaban J connectivity index is 1.40. The second-order valence-corrected chi connectivity index (χ2v) is 9.99. The molecule has 170 valence electrons. The highest BCUT2D eigenvalue weighted by Crippen LogP contribution is 2.66. The van der Waals surface area contributed by atoms with Crippen molar-refractivity contribution in [1.29, 1.82) is 0 Å². The highest BCUT2D eigenvalue weighted by molar-refractivity contribution is 5.96. The van der Waals surface area contributed by atoms with Gasteiger partial charge in [-0.3, -0.25) is 4.79 Å². The number of likely N-dealkylation sites (tertiary alicyclic amines) is 1. The van der Waals surface area contributed by atoms with Gasteiger partial charge in [-0.2, -0.15) is 0 Å². The summed E-state index contributed by atoms with van der Waals surface area (Å²) in [6.07, 6.45) is 1.55. The maximum atomic E-state index is 14.7. The number of carbonyl (C=O) groups is 2. The lowest BCUT2D eigenvalue weighted by molar-refractivity contribution is 0.0112. The molecule has 3 aliphatic rings. The second kappa shape index (κ2) is 7.53. The third-order valence-corrected chi connectivity index (χ3v) is 6.29. The van der Waals surface area contributed by atoms with Crippen LogP contribution in [0, 0.1) is 11.2 Å². The Hall–Kier alpha value is -2.58. The first-order valence-corrected chi connectivity index (χ1v) is 10.8. The normalized spacial score (nSPS) is 26.4. The molecule has 1 spiro atoms. The lowest BCUT2D eigenvalue weighted by atomic mass is 10.0. The predicted octanol–water partition coefficient (Wildman–Crippen LogP) is 3.45. The van der Waals surface area contributed by atoms with Crippen molar-refractivity contribution in [2.45, 2.75) is 70.3 Å². The Labute approximate surface area is 180 Å². The maximum absolute atomic E-state index is 14.7. The second-order valence-electron chi connectivity index (χ2n) is 9.99. The van der Waals surface area contributed by atoms with Crippen molar-refractivity contribution in [2.24, 2.45) is 5.41 Å². The fourth-order valence-corrected chi connectivity index (χ4v) is 4.14. The van der Waals surface area contributed by atoms with Gasteiger partial charge in [0.15, 0.2) is 0 Å². The Morgan fingerprint density at radius 1 is 1.29 bits per heavy atom. The summed E-state index contributed by atoms with van der Waals surface area (Å²) in [5, 5.41) is 5.77. The highest BCUT2D eigenvalue weighted by atomic mass is 19.1. The highest BCUT2D eigenvalue weighted by Gasteiger charge is 2.62. The van der Waals surface area contributed by atoms with Gasteiger partial charge in [-0.05, 0) is 64.0 Å². The number of nitrogen functional groups attached to an aromatic ring is 1. The molecule has 0 radical (unpaired) electrons. The number of nitrogens with zero attached hydrogens (tertiary/aromatic N) is 1. The van der Waals surface area contributed by atoms with Crippen LogP contribution in [-0.2, 0) is 4.74 Å². The quantitative estimate of drug-likeness (QED) is 0.629. The van der Waals surface area contributed by atoms with Crippen LogP contribution >= 0.6 is 0 Å². The van der Waals surface area contributed by atoms with Gasteiger partial charge in [0, 0.05) is 19.1 Å². The molecular formula is C22H30F2N4O3. The van der Waals surface area contributed by atoms with Gasteiger partial charge >= 0.3 is 6.09 Å². The molecule has 1 aromatic carbocycles. The van der Waals surface area contributed by atoms with Gasteiger partial charge in [-0.25, -0.2) is 13.6 Å². The van der Waals surface area contributed by atoms with E-state index in [-0.39, 0.29) is 30.8 Å². The number of amides is 2. The van der Waals surface area contributed by atoms with E-state index in [9.17, 15) is 18.4 Å². The van der Waals surface area contributed by atoms with E-state index >= 15 is 0 Å². The molecule has 1 aliphatic heterocycles. The minimum atomic E-state index is -1.35. The van der Waals surface area contributed by atoms with Crippen molar-refractivity contribution in [3.63, 3.8) is 0 Å². The molecule has 1 saturated heterocycles. The number of alkyl halides is 1. The molecule has 2 saturated carbocycles. The van der Waals surface area contributed by atoms with Crippen LogP contribution in [-0.4, -0.2) is 53.8 Å². The average molecular weight is 437 g/mol. The molecule has 7 nitrogen and oxygen atoms in total. The van der Waals surface area contributed by atoms with Gasteiger partial charge in [-0.15, -0.1) is 0 Å². The van der Waals surface area contributed by atoms with Crippen molar-refractivity contribution in [2.75, 3.05) is 24.1 Å². The zero-order chi connectivity index (χ0) is 22.6. The summed E-state index contributed by atoms with van der Waals surface area (Å²) in [6, 6.07) is 1.84. The molecule has 1 unspecified atom stereocenters. The molecule has 9 heteroatoms. The molecule has 0 bridgehead atoms. The number of piperidine rings is 1. The van der Waals surface area contributed by atoms with Crippen LogP contribution in [0.4, 0.5) is 25.0 Å². The topological polar surface area (TPSA) is 96.7 Å². The van der Waals surface area contributed by atoms with E-state index < -0.39 is 35.6 Å². The summed E-state index contributed by atoms with van der Waals surface area (Å²) in [6.45, 7) is 5.36. The van der Waals surface area contributed by atoms with Gasteiger partial charge in [0.2, 0.25) is 0 Å². The molecular weight excluding hydrogens is 406 g/mol. The summed E-state index contributed by atoms with van der Waals surface area (Å²) in [4.78, 5) is 26.3. The largest absolute Gasteiger partial charge is 0.444 e. The molecule has 1 heterocycles. The van der Waals surface area contributed by atoms with Crippen molar-refractivity contribution in [1.82, 2.24) is 10.2 Å². The zero-order valence-electron chi connectivity index (χ0n) is 18.1. The fraction of sp³-hybridized carbons (Fsp3) is 0.636. The molecule has 4 rings (SSSR count). The molecule has 2 aliphatic carbocycles. The van der Waals surface area contributed by atoms with E-state index in [0.717, 1.165) is 6.42 Å². The predicted molar refractivity (Wildman–Crippen MR) is 113 cm³/mol. The molecule has 31 heavy (non-hydrogen) atoms. The van der Waals surface area contributed by atoms with E-state index in [1.165, 1.54) is 29.9 Å². The molecule has 2 amide bonds. The minimum absolute atomic E-state index is 0.0533. The fourth-order valence-electron chi connectivity index (χ4n) is 4.14. The summed E-state index contributed by atoms with van der Waals surface area (Å²) in [5.41, 5.74) is 6.22. The van der Waals surface area contributed by atoms with Crippen molar-refractivity contribution >= 4 is 23.4 Å². The van der Waals surface area contributed by atoms with E-state index in [1.54, 1.807) is 20.8 Å². The monoisotopic (exact) mass is 436 g/mol. The standard InChI is InChI=1S/C22H30F2N4O3/c1-21(2,3)31-20(30)28-7-4-13(23)17(11-28)27-19(29)12-8-15(25)16(9-14(12)24)26-18-10-22(18)5-6-22/h8-9,13,17-18,26H,4-7,10-11,25H2,1-3H3,(H,27,29)/t13-,17-,18?/m0/s1. The van der Waals surface area contributed by atoms with Crippen LogP contribution in [0.1, 0.15) is 56.8 Å². The van der Waals surface area contributed by atoms with Crippen LogP contribution in [0.5, 0.6) is 0 Å². The number of ether oxygens (including phenoxy) is 1. The SMILES string of the molecule is CC(C)(C)OC(=O)N1CC[C@H](F)[C@@H](NC(=O)c2cc(N)c(NC3CC34CC4)cc2F)C1. The summed E-state index contributed by atoms with van der Waals surface area (Å²) < 4.78 is 34.4. The number of carbonyl (C=O) groups excluding carboxylic acids is 2. The summed E-state index contributed by atoms with van der Waals surface area (Å²) in [5.74, 6) is -1.49. The van der Waals surface area contributed by atoms with Crippen LogP contribution in [0.25, 0.3) is 0 Å². The number of rotatable bonds is 4. The Bertz CT molecular complexity index is 897. The molecule has 0 aromatic heterocycles. The molecule has 1 aromatic rings. The minimum Gasteiger partial charge on any atom is -0.444 e. The van der Waals surface area contributed by atoms with Gasteiger partial charge in [0.1, 0.15) is 17.6 Å². The van der Waals surface area contributed by atoms with Gasteiger partial charge in [-0.1, -0.05) is 0 Å². The first kappa shape index (κ1) is 21.6. The average Bonchev–Trinajstić information content (AvgIpc) is 3.58. The van der Waals surface area contributed by atoms with Gasteiger partial charge < -0.3 is 26.0 Å². The van der Waals surface area contributed by atoms with E-state index in [1.807, 2.05) is 0 Å². The van der Waals surface area contributed by atoms with Crippen LogP contribution < -0.4 is 16.4 Å². The number of nitrogens with two attached hydrogens (primary N) is 1. The van der Waals surface area contributed by atoms with Crippen molar-refractivity contribution < 1.29 is 23.1 Å². The number of anilines is 2. The Morgan fingerprint density at radius 3 is 2.61 bits per heavy atom. The third-order valence-electron chi connectivity index (χ3n) is 6.29. The summed E-state index contributed by atoms with van der Waals surface area (Å²) in [7, 11) is 0. The molecule has 3 atom stereocenters. The van der Waals surface area contributed by atoms with Gasteiger partial charge in [0.25, 0.3) is 5.91 Å². The van der Waals surface area contributed by atoms with E-state index in [0.29, 0.717) is 17.1 Å². The molecule has 4 N–H and O–H groups in total. The zero-order valence-corrected chi connectivity index (χ0v) is 18.1. The lowest BCUT2D eigenvalue weighted by Crippen LogP contribution is -2.55. The first-order valence-electron chi connectivity index (χ1n) is 10.8. The van der Waals surface area contributed by atoms with E-state index in [4.69, 9.17) is 10.5 Å². The first-order chi connectivity index (χ1) is 14.5. The number of hydrogen-bond donors (Lipinski definition) is 3. The van der Waals surface area contributed by atoms with Crippen molar-refractivity contribution in [3.05, 3.63) is 23.5 Å². The van der Waals surface area contributed by atoms with E-state index in [2.05, 4.69) is 10.6 Å². The Kier molecular flexibility index (Phi) is 5.26. The van der Waals surface area contributed by atoms with Crippen LogP contribution in [0.2, 0.25) is 0 Å². The smallest absolute Gasteiger partial charge is 0.410 e. The number of halogens is 2.